The van der Waals surface area contributed by atoms with Crippen molar-refractivity contribution >= 4 is 5.91 Å². The molecule has 0 saturated carbocycles. The Balaban J connectivity index is 2.37. The molecule has 136 valence electrons. The molecular weight excluding hydrogens is 314 g/mol. The number of aryl methyl sites for hydroxylation is 1. The van der Waals surface area contributed by atoms with Crippen molar-refractivity contribution in [2.75, 3.05) is 19.7 Å². The van der Waals surface area contributed by atoms with Crippen molar-refractivity contribution in [1.82, 2.24) is 14.5 Å². The summed E-state index contributed by atoms with van der Waals surface area (Å²) in [7, 11) is 0. The monoisotopic (exact) mass is 343 g/mol. The zero-order valence-corrected chi connectivity index (χ0v) is 15.9. The van der Waals surface area contributed by atoms with E-state index in [4.69, 9.17) is 5.11 Å². The Kier molecular flexibility index (Phi) is 6.01. The van der Waals surface area contributed by atoms with Crippen LogP contribution in [0.25, 0.3) is 5.82 Å². The summed E-state index contributed by atoms with van der Waals surface area (Å²) in [5.41, 5.74) is 2.57. The number of pyridine rings is 1. The molecule has 0 bridgehead atoms. The zero-order chi connectivity index (χ0) is 18.6. The van der Waals surface area contributed by atoms with Crippen LogP contribution >= 0.6 is 0 Å². The van der Waals surface area contributed by atoms with Gasteiger partial charge in [-0.1, -0.05) is 26.8 Å². The van der Waals surface area contributed by atoms with Crippen molar-refractivity contribution < 1.29 is 9.90 Å². The molecule has 0 atom stereocenters. The molecular formula is C20H29N3O2. The highest BCUT2D eigenvalue weighted by molar-refractivity contribution is 5.96. The van der Waals surface area contributed by atoms with Crippen LogP contribution in [0.2, 0.25) is 0 Å². The molecule has 2 rings (SSSR count). The molecule has 2 heterocycles. The summed E-state index contributed by atoms with van der Waals surface area (Å²) in [6.07, 6.45) is 2.34. The summed E-state index contributed by atoms with van der Waals surface area (Å²) in [5.74, 6) is 0.827. The second-order valence-corrected chi connectivity index (χ2v) is 7.67. The van der Waals surface area contributed by atoms with Gasteiger partial charge >= 0.3 is 0 Å². The number of hydrogen-bond donors (Lipinski definition) is 1. The second kappa shape index (κ2) is 7.83. The molecule has 0 aliphatic heterocycles. The van der Waals surface area contributed by atoms with E-state index in [2.05, 4.69) is 25.8 Å². The predicted molar refractivity (Wildman–Crippen MR) is 100 cm³/mol. The van der Waals surface area contributed by atoms with Gasteiger partial charge in [-0.15, -0.1) is 0 Å². The van der Waals surface area contributed by atoms with Gasteiger partial charge in [-0.05, 0) is 43.9 Å². The molecule has 0 fully saturated rings. The number of amides is 1. The maximum absolute atomic E-state index is 13.2. The highest BCUT2D eigenvalue weighted by Gasteiger charge is 2.25. The van der Waals surface area contributed by atoms with Gasteiger partial charge in [0, 0.05) is 37.3 Å². The van der Waals surface area contributed by atoms with Gasteiger partial charge in [0.2, 0.25) is 0 Å². The molecule has 0 aliphatic rings. The Bertz CT molecular complexity index is 715. The van der Waals surface area contributed by atoms with Crippen LogP contribution < -0.4 is 0 Å². The molecule has 5 nitrogen and oxygen atoms in total. The minimum absolute atomic E-state index is 0.00236. The summed E-state index contributed by atoms with van der Waals surface area (Å²) in [6.45, 7) is 11.6. The smallest absolute Gasteiger partial charge is 0.255 e. The SMILES string of the molecule is Cc1cc(C(=O)N(CCCO)CC(C)(C)C)c(C)n1-c1ccccn1. The Morgan fingerprint density at radius 1 is 1.28 bits per heavy atom. The lowest BCUT2D eigenvalue weighted by Crippen LogP contribution is -2.39. The molecule has 0 radical (unpaired) electrons. The lowest BCUT2D eigenvalue weighted by atomic mass is 9.95. The van der Waals surface area contributed by atoms with Gasteiger partial charge in [0.15, 0.2) is 0 Å². The topological polar surface area (TPSA) is 58.4 Å². The fourth-order valence-electron chi connectivity index (χ4n) is 3.07. The highest BCUT2D eigenvalue weighted by Crippen LogP contribution is 2.23. The number of rotatable bonds is 6. The van der Waals surface area contributed by atoms with Crippen molar-refractivity contribution in [3.8, 4) is 5.82 Å². The number of aliphatic hydroxyl groups is 1. The van der Waals surface area contributed by atoms with Crippen LogP contribution in [-0.2, 0) is 0 Å². The highest BCUT2D eigenvalue weighted by atomic mass is 16.3. The fraction of sp³-hybridized carbons (Fsp3) is 0.500. The molecule has 0 unspecified atom stereocenters. The van der Waals surface area contributed by atoms with Crippen LogP contribution in [0.4, 0.5) is 0 Å². The van der Waals surface area contributed by atoms with Gasteiger partial charge < -0.3 is 14.6 Å². The number of aliphatic hydroxyl groups excluding tert-OH is 1. The van der Waals surface area contributed by atoms with E-state index in [0.29, 0.717) is 25.1 Å². The minimum Gasteiger partial charge on any atom is -0.396 e. The fourth-order valence-corrected chi connectivity index (χ4v) is 3.07. The summed E-state index contributed by atoms with van der Waals surface area (Å²) in [4.78, 5) is 19.4. The average Bonchev–Trinajstić information content (AvgIpc) is 2.85. The lowest BCUT2D eigenvalue weighted by molar-refractivity contribution is 0.0682. The van der Waals surface area contributed by atoms with Crippen LogP contribution in [0.5, 0.6) is 0 Å². The maximum atomic E-state index is 13.2. The standard InChI is InChI=1S/C20H29N3O2/c1-15-13-17(16(2)23(15)18-9-6-7-10-21-18)19(25)22(11-8-12-24)14-20(3,4)5/h6-7,9-10,13,24H,8,11-12,14H2,1-5H3. The summed E-state index contributed by atoms with van der Waals surface area (Å²) >= 11 is 0. The van der Waals surface area contributed by atoms with Crippen molar-refractivity contribution in [3.05, 3.63) is 47.4 Å². The first-order chi connectivity index (χ1) is 11.7. The third-order valence-corrected chi connectivity index (χ3v) is 4.08. The summed E-state index contributed by atoms with van der Waals surface area (Å²) in [6, 6.07) is 7.69. The molecule has 0 saturated heterocycles. The van der Waals surface area contributed by atoms with Crippen LogP contribution in [0.15, 0.2) is 30.5 Å². The average molecular weight is 343 g/mol. The summed E-state index contributed by atoms with van der Waals surface area (Å²) < 4.78 is 2.01. The van der Waals surface area contributed by atoms with Crippen LogP contribution in [0.3, 0.4) is 0 Å². The van der Waals surface area contributed by atoms with Gasteiger partial charge in [-0.3, -0.25) is 4.79 Å². The van der Waals surface area contributed by atoms with Crippen molar-refractivity contribution in [2.24, 2.45) is 5.41 Å². The molecule has 5 heteroatoms. The molecule has 0 aliphatic carbocycles. The largest absolute Gasteiger partial charge is 0.396 e. The first-order valence-corrected chi connectivity index (χ1v) is 8.75. The third-order valence-electron chi connectivity index (χ3n) is 4.08. The first-order valence-electron chi connectivity index (χ1n) is 8.75. The van der Waals surface area contributed by atoms with E-state index >= 15 is 0 Å². The van der Waals surface area contributed by atoms with E-state index in [-0.39, 0.29) is 17.9 Å². The second-order valence-electron chi connectivity index (χ2n) is 7.67. The molecule has 0 aromatic carbocycles. The maximum Gasteiger partial charge on any atom is 0.255 e. The van der Waals surface area contributed by atoms with Crippen LogP contribution in [0, 0.1) is 19.3 Å². The Morgan fingerprint density at radius 3 is 2.56 bits per heavy atom. The molecule has 0 spiro atoms. The first kappa shape index (κ1) is 19.2. The number of aromatic nitrogens is 2. The van der Waals surface area contributed by atoms with E-state index in [1.807, 2.05) is 47.6 Å². The number of nitrogens with zero attached hydrogens (tertiary/aromatic N) is 3. The Labute approximate surface area is 150 Å². The van der Waals surface area contributed by atoms with Crippen molar-refractivity contribution in [3.63, 3.8) is 0 Å². The Hall–Kier alpha value is -2.14. The van der Waals surface area contributed by atoms with E-state index in [1.165, 1.54) is 0 Å². The van der Waals surface area contributed by atoms with Gasteiger partial charge in [0.1, 0.15) is 5.82 Å². The van der Waals surface area contributed by atoms with Gasteiger partial charge in [0.25, 0.3) is 5.91 Å². The van der Waals surface area contributed by atoms with E-state index in [0.717, 1.165) is 17.2 Å². The van der Waals surface area contributed by atoms with Gasteiger partial charge in [-0.2, -0.15) is 0 Å². The van der Waals surface area contributed by atoms with E-state index < -0.39 is 0 Å². The number of carbonyl (C=O) groups excluding carboxylic acids is 1. The van der Waals surface area contributed by atoms with Crippen LogP contribution in [0.1, 0.15) is 48.9 Å². The molecule has 25 heavy (non-hydrogen) atoms. The van der Waals surface area contributed by atoms with Gasteiger partial charge in [0.05, 0.1) is 5.56 Å². The number of hydrogen-bond acceptors (Lipinski definition) is 3. The zero-order valence-electron chi connectivity index (χ0n) is 15.9. The molecule has 2 aromatic heterocycles. The van der Waals surface area contributed by atoms with Crippen molar-refractivity contribution in [1.29, 1.82) is 0 Å². The van der Waals surface area contributed by atoms with E-state index in [9.17, 15) is 4.79 Å². The molecule has 2 aromatic rings. The lowest BCUT2D eigenvalue weighted by Gasteiger charge is -2.30. The molecule has 1 N–H and O–H groups in total. The predicted octanol–water partition coefficient (Wildman–Crippen LogP) is 3.36. The Morgan fingerprint density at radius 2 is 2.00 bits per heavy atom. The third kappa shape index (κ3) is 4.69. The normalized spacial score (nSPS) is 11.6. The molecule has 1 amide bonds. The van der Waals surface area contributed by atoms with Crippen molar-refractivity contribution in [2.45, 2.75) is 41.0 Å². The van der Waals surface area contributed by atoms with Gasteiger partial charge in [-0.25, -0.2) is 4.98 Å². The minimum atomic E-state index is -0.00236. The van der Waals surface area contributed by atoms with Crippen LogP contribution in [-0.4, -0.2) is 45.2 Å². The quantitative estimate of drug-likeness (QED) is 0.875. The number of carbonyl (C=O) groups is 1. The summed E-state index contributed by atoms with van der Waals surface area (Å²) in [5, 5.41) is 9.17. The van der Waals surface area contributed by atoms with E-state index in [1.54, 1.807) is 6.20 Å².